The van der Waals surface area contributed by atoms with E-state index in [4.69, 9.17) is 0 Å². The summed E-state index contributed by atoms with van der Waals surface area (Å²) >= 11 is 0. The van der Waals surface area contributed by atoms with Crippen molar-refractivity contribution in [3.8, 4) is 0 Å². The monoisotopic (exact) mass is 236 g/mol. The lowest BCUT2D eigenvalue weighted by atomic mass is 10.1. The van der Waals surface area contributed by atoms with Crippen molar-refractivity contribution in [3.63, 3.8) is 0 Å². The molecule has 18 heavy (non-hydrogen) atoms. The van der Waals surface area contributed by atoms with Crippen LogP contribution < -0.4 is 4.90 Å². The van der Waals surface area contributed by atoms with E-state index < -0.39 is 0 Å². The van der Waals surface area contributed by atoms with Crippen LogP contribution in [-0.4, -0.2) is 18.4 Å². The molecule has 1 atom stereocenters. The lowest BCUT2D eigenvalue weighted by Gasteiger charge is -2.25. The molecule has 2 aromatic carbocycles. The standard InChI is InChI=1S/C16H16N2/c1-13-12-17-16(14-8-4-2-5-9-14)18(13)15-10-6-3-7-11-15/h2-11,13H,12H2,1H3. The fraction of sp³-hybridized carbons (Fsp3) is 0.188. The van der Waals surface area contributed by atoms with Gasteiger partial charge in [-0.2, -0.15) is 0 Å². The van der Waals surface area contributed by atoms with Crippen LogP contribution in [0.5, 0.6) is 0 Å². The van der Waals surface area contributed by atoms with Gasteiger partial charge in [0.05, 0.1) is 12.6 Å². The van der Waals surface area contributed by atoms with E-state index in [0.717, 1.165) is 12.4 Å². The molecular formula is C16H16N2. The largest absolute Gasteiger partial charge is 0.322 e. The van der Waals surface area contributed by atoms with Crippen LogP contribution in [0, 0.1) is 0 Å². The topological polar surface area (TPSA) is 15.6 Å². The number of aliphatic imine (C=N–C) groups is 1. The maximum absolute atomic E-state index is 4.69. The molecule has 1 unspecified atom stereocenters. The highest BCUT2D eigenvalue weighted by molar-refractivity contribution is 6.11. The summed E-state index contributed by atoms with van der Waals surface area (Å²) in [6.07, 6.45) is 0. The van der Waals surface area contributed by atoms with Crippen molar-refractivity contribution < 1.29 is 0 Å². The highest BCUT2D eigenvalue weighted by Crippen LogP contribution is 2.24. The summed E-state index contributed by atoms with van der Waals surface area (Å²) in [6.45, 7) is 3.07. The van der Waals surface area contributed by atoms with Crippen LogP contribution in [-0.2, 0) is 0 Å². The summed E-state index contributed by atoms with van der Waals surface area (Å²) in [4.78, 5) is 7.00. The number of hydrogen-bond donors (Lipinski definition) is 0. The van der Waals surface area contributed by atoms with Crippen LogP contribution >= 0.6 is 0 Å². The zero-order valence-electron chi connectivity index (χ0n) is 10.5. The Morgan fingerprint density at radius 3 is 2.22 bits per heavy atom. The Hall–Kier alpha value is -2.09. The number of hydrogen-bond acceptors (Lipinski definition) is 2. The molecule has 3 rings (SSSR count). The van der Waals surface area contributed by atoms with Gasteiger partial charge in [0.1, 0.15) is 5.84 Å². The van der Waals surface area contributed by atoms with Crippen LogP contribution in [0.15, 0.2) is 65.7 Å². The Kier molecular flexibility index (Phi) is 2.85. The van der Waals surface area contributed by atoms with Crippen LogP contribution in [0.2, 0.25) is 0 Å². The molecule has 2 nitrogen and oxygen atoms in total. The molecule has 1 aliphatic rings. The van der Waals surface area contributed by atoms with Gasteiger partial charge in [-0.15, -0.1) is 0 Å². The van der Waals surface area contributed by atoms with Gasteiger partial charge in [-0.3, -0.25) is 4.99 Å². The molecule has 0 spiro atoms. The SMILES string of the molecule is CC1CN=C(c2ccccc2)N1c1ccccc1. The molecule has 0 saturated heterocycles. The highest BCUT2D eigenvalue weighted by Gasteiger charge is 2.26. The van der Waals surface area contributed by atoms with Gasteiger partial charge in [-0.25, -0.2) is 0 Å². The Morgan fingerprint density at radius 1 is 0.944 bits per heavy atom. The van der Waals surface area contributed by atoms with Gasteiger partial charge >= 0.3 is 0 Å². The fourth-order valence-corrected chi connectivity index (χ4v) is 2.37. The van der Waals surface area contributed by atoms with E-state index in [1.54, 1.807) is 0 Å². The minimum atomic E-state index is 0.419. The third kappa shape index (κ3) is 1.90. The van der Waals surface area contributed by atoms with Crippen molar-refractivity contribution in [3.05, 3.63) is 66.2 Å². The van der Waals surface area contributed by atoms with Crippen molar-refractivity contribution in [2.24, 2.45) is 4.99 Å². The molecule has 1 aliphatic heterocycles. The van der Waals surface area contributed by atoms with Crippen LogP contribution in [0.1, 0.15) is 12.5 Å². The summed E-state index contributed by atoms with van der Waals surface area (Å²) in [5, 5.41) is 0. The minimum absolute atomic E-state index is 0.419. The van der Waals surface area contributed by atoms with E-state index in [2.05, 4.69) is 65.3 Å². The Balaban J connectivity index is 2.00. The molecule has 0 aliphatic carbocycles. The van der Waals surface area contributed by atoms with Gasteiger partial charge in [0, 0.05) is 11.3 Å². The molecule has 0 radical (unpaired) electrons. The Morgan fingerprint density at radius 2 is 1.56 bits per heavy atom. The van der Waals surface area contributed by atoms with Crippen molar-refractivity contribution >= 4 is 11.5 Å². The average Bonchev–Trinajstić information content (AvgIpc) is 2.83. The number of rotatable bonds is 2. The molecule has 0 amide bonds. The van der Waals surface area contributed by atoms with Crippen LogP contribution in [0.25, 0.3) is 0 Å². The average molecular weight is 236 g/mol. The second kappa shape index (κ2) is 4.65. The van der Waals surface area contributed by atoms with Gasteiger partial charge in [0.15, 0.2) is 0 Å². The predicted molar refractivity (Wildman–Crippen MR) is 76.2 cm³/mol. The molecule has 0 saturated carbocycles. The summed E-state index contributed by atoms with van der Waals surface area (Å²) in [6, 6.07) is 21.3. The van der Waals surface area contributed by atoms with Gasteiger partial charge in [-0.05, 0) is 19.1 Å². The van der Waals surface area contributed by atoms with Crippen molar-refractivity contribution in [2.75, 3.05) is 11.4 Å². The normalized spacial score (nSPS) is 18.8. The zero-order chi connectivity index (χ0) is 12.4. The van der Waals surface area contributed by atoms with Gasteiger partial charge in [0.2, 0.25) is 0 Å². The Bertz CT molecular complexity index is 546. The predicted octanol–water partition coefficient (Wildman–Crippen LogP) is 3.34. The first-order chi connectivity index (χ1) is 8.86. The van der Waals surface area contributed by atoms with E-state index >= 15 is 0 Å². The van der Waals surface area contributed by atoms with Crippen molar-refractivity contribution in [2.45, 2.75) is 13.0 Å². The van der Waals surface area contributed by atoms with Gasteiger partial charge in [-0.1, -0.05) is 48.5 Å². The Labute approximate surface area is 108 Å². The summed E-state index contributed by atoms with van der Waals surface area (Å²) < 4.78 is 0. The first-order valence-electron chi connectivity index (χ1n) is 6.30. The van der Waals surface area contributed by atoms with Crippen LogP contribution in [0.3, 0.4) is 0 Å². The first kappa shape index (κ1) is 11.0. The maximum atomic E-state index is 4.69. The molecule has 2 aromatic rings. The number of anilines is 1. The maximum Gasteiger partial charge on any atom is 0.135 e. The second-order valence-corrected chi connectivity index (χ2v) is 4.58. The molecular weight excluding hydrogens is 220 g/mol. The first-order valence-corrected chi connectivity index (χ1v) is 6.30. The zero-order valence-corrected chi connectivity index (χ0v) is 10.5. The molecule has 0 aromatic heterocycles. The third-order valence-corrected chi connectivity index (χ3v) is 3.24. The van der Waals surface area contributed by atoms with E-state index in [1.165, 1.54) is 11.3 Å². The smallest absolute Gasteiger partial charge is 0.135 e. The van der Waals surface area contributed by atoms with Crippen molar-refractivity contribution in [1.82, 2.24) is 0 Å². The van der Waals surface area contributed by atoms with Gasteiger partial charge in [0.25, 0.3) is 0 Å². The third-order valence-electron chi connectivity index (χ3n) is 3.24. The quantitative estimate of drug-likeness (QED) is 0.780. The molecule has 0 fully saturated rings. The number of amidine groups is 1. The summed E-state index contributed by atoms with van der Waals surface area (Å²) in [7, 11) is 0. The fourth-order valence-electron chi connectivity index (χ4n) is 2.37. The van der Waals surface area contributed by atoms with Crippen molar-refractivity contribution in [1.29, 1.82) is 0 Å². The van der Waals surface area contributed by atoms with E-state index in [1.807, 2.05) is 12.1 Å². The van der Waals surface area contributed by atoms with E-state index in [9.17, 15) is 0 Å². The minimum Gasteiger partial charge on any atom is -0.322 e. The molecule has 1 heterocycles. The molecule has 0 N–H and O–H groups in total. The molecule has 0 bridgehead atoms. The highest BCUT2D eigenvalue weighted by atomic mass is 15.3. The summed E-state index contributed by atoms with van der Waals surface area (Å²) in [5.74, 6) is 1.08. The van der Waals surface area contributed by atoms with Crippen LogP contribution in [0.4, 0.5) is 5.69 Å². The number of nitrogens with zero attached hydrogens (tertiary/aromatic N) is 2. The second-order valence-electron chi connectivity index (χ2n) is 4.58. The van der Waals surface area contributed by atoms with Gasteiger partial charge < -0.3 is 4.90 Å². The lowest BCUT2D eigenvalue weighted by molar-refractivity contribution is 0.785. The molecule has 90 valence electrons. The molecule has 2 heteroatoms. The summed E-state index contributed by atoms with van der Waals surface area (Å²) in [5.41, 5.74) is 2.40. The lowest BCUT2D eigenvalue weighted by Crippen LogP contribution is -2.34. The van der Waals surface area contributed by atoms with E-state index in [-0.39, 0.29) is 0 Å². The number of benzene rings is 2. The van der Waals surface area contributed by atoms with E-state index in [0.29, 0.717) is 6.04 Å². The number of para-hydroxylation sites is 1.